The maximum absolute atomic E-state index is 12.1. The highest BCUT2D eigenvalue weighted by Crippen LogP contribution is 2.27. The van der Waals surface area contributed by atoms with E-state index in [2.05, 4.69) is 21.2 Å². The average molecular weight is 418 g/mol. The molecule has 0 bridgehead atoms. The lowest BCUT2D eigenvalue weighted by atomic mass is 10.1. The fourth-order valence-corrected chi connectivity index (χ4v) is 3.38. The summed E-state index contributed by atoms with van der Waals surface area (Å²) in [4.78, 5) is 12.1. The number of amides is 1. The zero-order valence-electron chi connectivity index (χ0n) is 15.2. The van der Waals surface area contributed by atoms with Gasteiger partial charge in [-0.1, -0.05) is 15.9 Å². The minimum atomic E-state index is -0.187. The van der Waals surface area contributed by atoms with E-state index in [-0.39, 0.29) is 12.5 Å². The lowest BCUT2D eigenvalue weighted by Crippen LogP contribution is -2.20. The number of carbonyl (C=O) groups excluding carboxylic acids is 1. The molecule has 26 heavy (non-hydrogen) atoms. The zero-order valence-corrected chi connectivity index (χ0v) is 16.8. The van der Waals surface area contributed by atoms with Gasteiger partial charge >= 0.3 is 0 Å². The van der Waals surface area contributed by atoms with Gasteiger partial charge in [-0.3, -0.25) is 4.79 Å². The first-order chi connectivity index (χ1) is 12.5. The van der Waals surface area contributed by atoms with Gasteiger partial charge in [0.15, 0.2) is 6.61 Å². The Bertz CT molecular complexity index is 744. The SMILES string of the molecule is Cc1cc(OCC(=O)Nc2ccc(OC3CCCC3)cc2)cc(C)c1Br. The van der Waals surface area contributed by atoms with Crippen molar-refractivity contribution in [3.05, 3.63) is 52.0 Å². The van der Waals surface area contributed by atoms with Crippen molar-refractivity contribution in [2.45, 2.75) is 45.6 Å². The molecule has 1 amide bonds. The van der Waals surface area contributed by atoms with E-state index >= 15 is 0 Å². The number of rotatable bonds is 6. The average Bonchev–Trinajstić information content (AvgIpc) is 3.12. The summed E-state index contributed by atoms with van der Waals surface area (Å²) in [5, 5.41) is 2.84. The summed E-state index contributed by atoms with van der Waals surface area (Å²) in [5.74, 6) is 1.36. The third kappa shape index (κ3) is 5.01. The maximum Gasteiger partial charge on any atom is 0.262 e. The summed E-state index contributed by atoms with van der Waals surface area (Å²) in [5.41, 5.74) is 2.90. The normalized spacial score (nSPS) is 14.3. The first-order valence-electron chi connectivity index (χ1n) is 8.97. The molecule has 2 aromatic carbocycles. The largest absolute Gasteiger partial charge is 0.490 e. The van der Waals surface area contributed by atoms with Crippen molar-refractivity contribution in [3.8, 4) is 11.5 Å². The van der Waals surface area contributed by atoms with Gasteiger partial charge in [0.05, 0.1) is 6.10 Å². The third-order valence-corrected chi connectivity index (χ3v) is 5.77. The molecule has 0 aliphatic heterocycles. The van der Waals surface area contributed by atoms with Crippen molar-refractivity contribution >= 4 is 27.5 Å². The highest BCUT2D eigenvalue weighted by Gasteiger charge is 2.16. The van der Waals surface area contributed by atoms with Crippen LogP contribution in [-0.4, -0.2) is 18.6 Å². The first-order valence-corrected chi connectivity index (χ1v) is 9.76. The molecule has 1 saturated carbocycles. The van der Waals surface area contributed by atoms with Gasteiger partial charge in [0, 0.05) is 10.2 Å². The van der Waals surface area contributed by atoms with E-state index in [1.165, 1.54) is 12.8 Å². The third-order valence-electron chi connectivity index (χ3n) is 4.52. The molecule has 138 valence electrons. The summed E-state index contributed by atoms with van der Waals surface area (Å²) in [6.45, 7) is 3.97. The minimum Gasteiger partial charge on any atom is -0.490 e. The van der Waals surface area contributed by atoms with Crippen molar-refractivity contribution in [1.29, 1.82) is 0 Å². The minimum absolute atomic E-state index is 0.0269. The van der Waals surface area contributed by atoms with Crippen LogP contribution in [-0.2, 0) is 4.79 Å². The Morgan fingerprint density at radius 2 is 1.69 bits per heavy atom. The van der Waals surface area contributed by atoms with E-state index in [9.17, 15) is 4.79 Å². The predicted octanol–water partition coefficient (Wildman–Crippen LogP) is 5.40. The molecule has 1 aliphatic carbocycles. The van der Waals surface area contributed by atoms with Gasteiger partial charge in [-0.15, -0.1) is 0 Å². The van der Waals surface area contributed by atoms with Crippen LogP contribution in [0.2, 0.25) is 0 Å². The first kappa shape index (κ1) is 18.8. The van der Waals surface area contributed by atoms with Gasteiger partial charge in [0.2, 0.25) is 0 Å². The van der Waals surface area contributed by atoms with Crippen molar-refractivity contribution in [1.82, 2.24) is 0 Å². The fourth-order valence-electron chi connectivity index (χ4n) is 3.15. The van der Waals surface area contributed by atoms with Crippen LogP contribution in [0.1, 0.15) is 36.8 Å². The van der Waals surface area contributed by atoms with Crippen molar-refractivity contribution in [3.63, 3.8) is 0 Å². The van der Waals surface area contributed by atoms with E-state index in [0.717, 1.165) is 39.9 Å². The summed E-state index contributed by atoms with van der Waals surface area (Å²) < 4.78 is 12.6. The van der Waals surface area contributed by atoms with Crippen molar-refractivity contribution < 1.29 is 14.3 Å². The van der Waals surface area contributed by atoms with E-state index < -0.39 is 0 Å². The molecule has 0 unspecified atom stereocenters. The number of ether oxygens (including phenoxy) is 2. The second kappa shape index (κ2) is 8.58. The Morgan fingerprint density at radius 3 is 2.31 bits per heavy atom. The number of hydrogen-bond donors (Lipinski definition) is 1. The van der Waals surface area contributed by atoms with E-state index in [4.69, 9.17) is 9.47 Å². The standard InChI is InChI=1S/C21H24BrNO3/c1-14-11-19(12-15(2)21(14)22)25-13-20(24)23-16-7-9-18(10-8-16)26-17-5-3-4-6-17/h7-12,17H,3-6,13H2,1-2H3,(H,23,24). The Morgan fingerprint density at radius 1 is 1.08 bits per heavy atom. The van der Waals surface area contributed by atoms with Crippen LogP contribution in [0.25, 0.3) is 0 Å². The highest BCUT2D eigenvalue weighted by molar-refractivity contribution is 9.10. The monoisotopic (exact) mass is 417 g/mol. The zero-order chi connectivity index (χ0) is 18.5. The van der Waals surface area contributed by atoms with Gasteiger partial charge in [0.25, 0.3) is 5.91 Å². The van der Waals surface area contributed by atoms with Crippen molar-refractivity contribution in [2.24, 2.45) is 0 Å². The molecule has 0 radical (unpaired) electrons. The molecule has 4 nitrogen and oxygen atoms in total. The van der Waals surface area contributed by atoms with Gasteiger partial charge in [-0.25, -0.2) is 0 Å². The second-order valence-corrected chi connectivity index (χ2v) is 7.55. The number of carbonyl (C=O) groups is 1. The summed E-state index contributed by atoms with van der Waals surface area (Å²) in [6.07, 6.45) is 5.09. The number of hydrogen-bond acceptors (Lipinski definition) is 3. The van der Waals surface area contributed by atoms with E-state index in [1.807, 2.05) is 50.2 Å². The van der Waals surface area contributed by atoms with Gasteiger partial charge in [0.1, 0.15) is 11.5 Å². The molecule has 0 atom stereocenters. The Hall–Kier alpha value is -2.01. The molecule has 1 fully saturated rings. The molecule has 5 heteroatoms. The smallest absolute Gasteiger partial charge is 0.262 e. The van der Waals surface area contributed by atoms with Crippen LogP contribution >= 0.6 is 15.9 Å². The molecule has 2 aromatic rings. The van der Waals surface area contributed by atoms with E-state index in [0.29, 0.717) is 11.9 Å². The Balaban J connectivity index is 1.50. The highest BCUT2D eigenvalue weighted by atomic mass is 79.9. The lowest BCUT2D eigenvalue weighted by molar-refractivity contribution is -0.118. The van der Waals surface area contributed by atoms with Crippen molar-refractivity contribution in [2.75, 3.05) is 11.9 Å². The number of benzene rings is 2. The van der Waals surface area contributed by atoms with Gasteiger partial charge in [-0.2, -0.15) is 0 Å². The summed E-state index contributed by atoms with van der Waals surface area (Å²) in [7, 11) is 0. The Kier molecular flexibility index (Phi) is 6.20. The van der Waals surface area contributed by atoms with Crippen LogP contribution in [0.5, 0.6) is 11.5 Å². The predicted molar refractivity (Wildman–Crippen MR) is 107 cm³/mol. The van der Waals surface area contributed by atoms with Gasteiger partial charge < -0.3 is 14.8 Å². The van der Waals surface area contributed by atoms with Crippen LogP contribution in [0.4, 0.5) is 5.69 Å². The molecule has 0 aromatic heterocycles. The number of halogens is 1. The molecule has 0 saturated heterocycles. The number of nitrogens with one attached hydrogen (secondary N) is 1. The second-order valence-electron chi connectivity index (χ2n) is 6.76. The van der Waals surface area contributed by atoms with Crippen LogP contribution in [0.3, 0.4) is 0 Å². The topological polar surface area (TPSA) is 47.6 Å². The van der Waals surface area contributed by atoms with Crippen LogP contribution in [0, 0.1) is 13.8 Å². The van der Waals surface area contributed by atoms with Crippen LogP contribution in [0.15, 0.2) is 40.9 Å². The quantitative estimate of drug-likeness (QED) is 0.683. The molecular weight excluding hydrogens is 394 g/mol. The fraction of sp³-hybridized carbons (Fsp3) is 0.381. The lowest BCUT2D eigenvalue weighted by Gasteiger charge is -2.13. The van der Waals surface area contributed by atoms with Gasteiger partial charge in [-0.05, 0) is 87.1 Å². The summed E-state index contributed by atoms with van der Waals surface area (Å²) in [6, 6.07) is 11.3. The molecule has 1 N–H and O–H groups in total. The molecular formula is C21H24BrNO3. The molecule has 3 rings (SSSR count). The molecule has 1 aliphatic rings. The number of aryl methyl sites for hydroxylation is 2. The van der Waals surface area contributed by atoms with Crippen LogP contribution < -0.4 is 14.8 Å². The number of anilines is 1. The molecule has 0 spiro atoms. The molecule has 0 heterocycles. The van der Waals surface area contributed by atoms with E-state index in [1.54, 1.807) is 0 Å². The Labute approximate surface area is 163 Å². The summed E-state index contributed by atoms with van der Waals surface area (Å²) >= 11 is 3.53. The maximum atomic E-state index is 12.1.